The molecule has 0 aliphatic heterocycles. The number of hydrogen-bond acceptors (Lipinski definition) is 3. The second-order valence-corrected chi connectivity index (χ2v) is 4.08. The molecule has 5 heteroatoms. The summed E-state index contributed by atoms with van der Waals surface area (Å²) in [6, 6.07) is 11.3. The highest BCUT2D eigenvalue weighted by atomic mass is 19.1. The van der Waals surface area contributed by atoms with Gasteiger partial charge in [-0.1, -0.05) is 18.2 Å². The molecule has 0 aromatic heterocycles. The SMILES string of the molecule is COc1ccc(C(C#N)Nc2ccccc2F)cc1F. The van der Waals surface area contributed by atoms with Gasteiger partial charge in [0.1, 0.15) is 11.9 Å². The third-order valence-corrected chi connectivity index (χ3v) is 2.81. The Balaban J connectivity index is 2.27. The normalized spacial score (nSPS) is 11.5. The van der Waals surface area contributed by atoms with Gasteiger partial charge in [-0.2, -0.15) is 5.26 Å². The summed E-state index contributed by atoms with van der Waals surface area (Å²) in [4.78, 5) is 0. The summed E-state index contributed by atoms with van der Waals surface area (Å²) in [5, 5.41) is 11.9. The average Bonchev–Trinajstić information content (AvgIpc) is 2.46. The number of nitriles is 1. The molecule has 0 radical (unpaired) electrons. The molecule has 0 fully saturated rings. The largest absolute Gasteiger partial charge is 0.494 e. The monoisotopic (exact) mass is 274 g/mol. The number of para-hydroxylation sites is 1. The van der Waals surface area contributed by atoms with E-state index in [9.17, 15) is 8.78 Å². The van der Waals surface area contributed by atoms with Crippen LogP contribution >= 0.6 is 0 Å². The molecule has 2 rings (SSSR count). The molecule has 0 amide bonds. The number of ether oxygens (including phenoxy) is 1. The van der Waals surface area contributed by atoms with E-state index in [1.54, 1.807) is 18.2 Å². The quantitative estimate of drug-likeness (QED) is 0.925. The first kappa shape index (κ1) is 13.8. The highest BCUT2D eigenvalue weighted by molar-refractivity contribution is 5.49. The van der Waals surface area contributed by atoms with E-state index in [0.717, 1.165) is 0 Å². The molecule has 1 N–H and O–H groups in total. The number of nitrogens with zero attached hydrogens (tertiary/aromatic N) is 1. The summed E-state index contributed by atoms with van der Waals surface area (Å²) in [6.45, 7) is 0. The predicted octanol–water partition coefficient (Wildman–Crippen LogP) is 3.65. The molecule has 0 heterocycles. The van der Waals surface area contributed by atoms with Crippen molar-refractivity contribution in [3.05, 3.63) is 59.7 Å². The maximum absolute atomic E-state index is 13.6. The Hall–Kier alpha value is -2.61. The molecule has 0 aliphatic carbocycles. The van der Waals surface area contributed by atoms with Crippen molar-refractivity contribution in [3.63, 3.8) is 0 Å². The molecule has 0 saturated carbocycles. The fourth-order valence-corrected chi connectivity index (χ4v) is 1.79. The van der Waals surface area contributed by atoms with Crippen LogP contribution < -0.4 is 10.1 Å². The van der Waals surface area contributed by atoms with Crippen LogP contribution in [-0.2, 0) is 0 Å². The zero-order valence-corrected chi connectivity index (χ0v) is 10.7. The summed E-state index contributed by atoms with van der Waals surface area (Å²) in [5.74, 6) is -0.946. The molecule has 0 bridgehead atoms. The van der Waals surface area contributed by atoms with Gasteiger partial charge < -0.3 is 10.1 Å². The van der Waals surface area contributed by atoms with E-state index < -0.39 is 17.7 Å². The van der Waals surface area contributed by atoms with Crippen LogP contribution in [0.3, 0.4) is 0 Å². The second kappa shape index (κ2) is 6.02. The average molecular weight is 274 g/mol. The number of nitrogens with one attached hydrogen (secondary N) is 1. The summed E-state index contributed by atoms with van der Waals surface area (Å²) in [7, 11) is 1.36. The van der Waals surface area contributed by atoms with Gasteiger partial charge in [-0.25, -0.2) is 8.78 Å². The van der Waals surface area contributed by atoms with Crippen LogP contribution in [0.5, 0.6) is 5.75 Å². The first-order valence-corrected chi connectivity index (χ1v) is 5.90. The maximum Gasteiger partial charge on any atom is 0.165 e. The molecule has 20 heavy (non-hydrogen) atoms. The highest BCUT2D eigenvalue weighted by Gasteiger charge is 2.14. The van der Waals surface area contributed by atoms with Gasteiger partial charge in [-0.3, -0.25) is 0 Å². The van der Waals surface area contributed by atoms with E-state index in [2.05, 4.69) is 5.32 Å². The highest BCUT2D eigenvalue weighted by Crippen LogP contribution is 2.25. The maximum atomic E-state index is 13.6. The number of anilines is 1. The molecule has 3 nitrogen and oxygen atoms in total. The molecular formula is C15H12F2N2O. The van der Waals surface area contributed by atoms with Crippen LogP contribution in [0.4, 0.5) is 14.5 Å². The molecule has 0 saturated heterocycles. The lowest BCUT2D eigenvalue weighted by Crippen LogP contribution is -2.10. The van der Waals surface area contributed by atoms with Crippen LogP contribution in [0.25, 0.3) is 0 Å². The molecule has 2 aromatic rings. The van der Waals surface area contributed by atoms with Crippen LogP contribution in [0.1, 0.15) is 11.6 Å². The van der Waals surface area contributed by atoms with Crippen molar-refractivity contribution in [3.8, 4) is 11.8 Å². The van der Waals surface area contributed by atoms with Crippen molar-refractivity contribution in [2.24, 2.45) is 0 Å². The Morgan fingerprint density at radius 2 is 1.90 bits per heavy atom. The van der Waals surface area contributed by atoms with Crippen molar-refractivity contribution in [1.29, 1.82) is 5.26 Å². The Morgan fingerprint density at radius 3 is 2.50 bits per heavy atom. The van der Waals surface area contributed by atoms with Gasteiger partial charge in [0, 0.05) is 0 Å². The van der Waals surface area contributed by atoms with Gasteiger partial charge in [-0.05, 0) is 29.8 Å². The molecular weight excluding hydrogens is 262 g/mol. The Morgan fingerprint density at radius 1 is 1.15 bits per heavy atom. The number of rotatable bonds is 4. The standard InChI is InChI=1S/C15H12F2N2O/c1-20-15-7-6-10(8-12(15)17)14(9-18)19-13-5-3-2-4-11(13)16/h2-8,14,19H,1H3. The topological polar surface area (TPSA) is 45.0 Å². The first-order valence-electron chi connectivity index (χ1n) is 5.90. The van der Waals surface area contributed by atoms with Gasteiger partial charge in [0.2, 0.25) is 0 Å². The van der Waals surface area contributed by atoms with Gasteiger partial charge >= 0.3 is 0 Å². The van der Waals surface area contributed by atoms with Crippen LogP contribution in [0.15, 0.2) is 42.5 Å². The minimum Gasteiger partial charge on any atom is -0.494 e. The summed E-state index contributed by atoms with van der Waals surface area (Å²) >= 11 is 0. The fraction of sp³-hybridized carbons (Fsp3) is 0.133. The van der Waals surface area contributed by atoms with Gasteiger partial charge in [-0.15, -0.1) is 0 Å². The minimum atomic E-state index is -0.854. The fourth-order valence-electron chi connectivity index (χ4n) is 1.79. The van der Waals surface area contributed by atoms with Crippen molar-refractivity contribution in [2.75, 3.05) is 12.4 Å². The first-order chi connectivity index (χ1) is 9.65. The molecule has 1 unspecified atom stereocenters. The third kappa shape index (κ3) is 2.86. The number of hydrogen-bond donors (Lipinski definition) is 1. The lowest BCUT2D eigenvalue weighted by atomic mass is 10.1. The smallest absolute Gasteiger partial charge is 0.165 e. The van der Waals surface area contributed by atoms with Crippen LogP contribution in [0.2, 0.25) is 0 Å². The molecule has 1 atom stereocenters. The summed E-state index contributed by atoms with van der Waals surface area (Å²) in [6.07, 6.45) is 0. The van der Waals surface area contributed by atoms with Crippen molar-refractivity contribution < 1.29 is 13.5 Å². The van der Waals surface area contributed by atoms with Crippen molar-refractivity contribution in [1.82, 2.24) is 0 Å². The van der Waals surface area contributed by atoms with E-state index in [4.69, 9.17) is 10.00 Å². The zero-order valence-electron chi connectivity index (χ0n) is 10.7. The van der Waals surface area contributed by atoms with Gasteiger partial charge in [0.25, 0.3) is 0 Å². The third-order valence-electron chi connectivity index (χ3n) is 2.81. The lowest BCUT2D eigenvalue weighted by Gasteiger charge is -2.14. The summed E-state index contributed by atoms with van der Waals surface area (Å²) < 4.78 is 32.0. The summed E-state index contributed by atoms with van der Waals surface area (Å²) in [5.41, 5.74) is 0.587. The minimum absolute atomic E-state index is 0.0938. The van der Waals surface area contributed by atoms with E-state index in [-0.39, 0.29) is 11.4 Å². The van der Waals surface area contributed by atoms with Crippen molar-refractivity contribution >= 4 is 5.69 Å². The molecule has 2 aromatic carbocycles. The lowest BCUT2D eigenvalue weighted by molar-refractivity contribution is 0.386. The van der Waals surface area contributed by atoms with Crippen molar-refractivity contribution in [2.45, 2.75) is 6.04 Å². The van der Waals surface area contributed by atoms with E-state index in [0.29, 0.717) is 5.56 Å². The zero-order chi connectivity index (χ0) is 14.5. The predicted molar refractivity (Wildman–Crippen MR) is 71.3 cm³/mol. The van der Waals surface area contributed by atoms with Gasteiger partial charge in [0.05, 0.1) is 18.9 Å². The van der Waals surface area contributed by atoms with E-state index in [1.807, 2.05) is 6.07 Å². The van der Waals surface area contributed by atoms with Crippen LogP contribution in [-0.4, -0.2) is 7.11 Å². The number of methoxy groups -OCH3 is 1. The van der Waals surface area contributed by atoms with E-state index >= 15 is 0 Å². The van der Waals surface area contributed by atoms with Crippen LogP contribution in [0, 0.1) is 23.0 Å². The second-order valence-electron chi connectivity index (χ2n) is 4.08. The molecule has 0 aliphatic rings. The van der Waals surface area contributed by atoms with Gasteiger partial charge in [0.15, 0.2) is 11.6 Å². The van der Waals surface area contributed by atoms with E-state index in [1.165, 1.54) is 31.4 Å². The Kier molecular flexibility index (Phi) is 4.16. The number of benzene rings is 2. The Labute approximate surface area is 115 Å². The Bertz CT molecular complexity index is 653. The number of halogens is 2. The molecule has 102 valence electrons. The molecule has 0 spiro atoms.